The molecule has 1 aliphatic heterocycles. The summed E-state index contributed by atoms with van der Waals surface area (Å²) in [5.41, 5.74) is 1.56. The van der Waals surface area contributed by atoms with Gasteiger partial charge in [-0.1, -0.05) is 12.1 Å². The van der Waals surface area contributed by atoms with Crippen LogP contribution in [0.5, 0.6) is 5.75 Å². The van der Waals surface area contributed by atoms with Gasteiger partial charge in [-0.15, -0.1) is 0 Å². The van der Waals surface area contributed by atoms with E-state index in [4.69, 9.17) is 5.11 Å². The normalized spacial score (nSPS) is 20.1. The lowest BCUT2D eigenvalue weighted by atomic mass is 10.1. The molecule has 2 rings (SSSR count). The maximum Gasteiger partial charge on any atom is 0.269 e. The van der Waals surface area contributed by atoms with Crippen LogP contribution in [0.2, 0.25) is 0 Å². The van der Waals surface area contributed by atoms with Crippen LogP contribution < -0.4 is 0 Å². The number of nitrogens with zero attached hydrogens (tertiary/aromatic N) is 2. The van der Waals surface area contributed by atoms with Gasteiger partial charge in [-0.05, 0) is 24.6 Å². The molecule has 1 heterocycles. The summed E-state index contributed by atoms with van der Waals surface area (Å²) in [5.74, 6) is 0.217. The quantitative estimate of drug-likeness (QED) is 0.810. The molecule has 4 nitrogen and oxygen atoms in total. The molecule has 0 aliphatic carbocycles. The predicted molar refractivity (Wildman–Crippen MR) is 61.5 cm³/mol. The van der Waals surface area contributed by atoms with E-state index in [2.05, 4.69) is 4.99 Å². The van der Waals surface area contributed by atoms with Crippen LogP contribution in [0.1, 0.15) is 12.5 Å². The fraction of sp³-hybridized carbons (Fsp3) is 0.333. The summed E-state index contributed by atoms with van der Waals surface area (Å²) in [6.45, 7) is 1.89. The second kappa shape index (κ2) is 3.96. The first-order valence-corrected chi connectivity index (χ1v) is 5.19. The Morgan fingerprint density at radius 1 is 1.38 bits per heavy atom. The maximum absolute atomic E-state index is 11.7. The van der Waals surface area contributed by atoms with Crippen molar-refractivity contribution >= 4 is 11.6 Å². The molecule has 1 amide bonds. The van der Waals surface area contributed by atoms with Crippen LogP contribution in [0.3, 0.4) is 0 Å². The molecule has 0 radical (unpaired) electrons. The van der Waals surface area contributed by atoms with Gasteiger partial charge in [0.25, 0.3) is 5.91 Å². The van der Waals surface area contributed by atoms with Crippen LogP contribution >= 0.6 is 0 Å². The zero-order chi connectivity index (χ0) is 11.7. The van der Waals surface area contributed by atoms with Crippen LogP contribution in [0.15, 0.2) is 29.3 Å². The maximum atomic E-state index is 11.7. The summed E-state index contributed by atoms with van der Waals surface area (Å²) in [6.07, 6.45) is 0.452. The summed E-state index contributed by atoms with van der Waals surface area (Å²) in [7, 11) is 1.75. The Morgan fingerprint density at radius 2 is 2.00 bits per heavy atom. The molecule has 1 N–H and O–H groups in total. The van der Waals surface area contributed by atoms with Gasteiger partial charge in [0.1, 0.15) is 17.6 Å². The summed E-state index contributed by atoms with van der Waals surface area (Å²) >= 11 is 0. The summed E-state index contributed by atoms with van der Waals surface area (Å²) in [4.78, 5) is 17.7. The Labute approximate surface area is 94.2 Å². The third-order valence-electron chi connectivity index (χ3n) is 2.78. The van der Waals surface area contributed by atoms with Crippen LogP contribution in [-0.2, 0) is 11.2 Å². The van der Waals surface area contributed by atoms with Crippen LogP contribution in [0, 0.1) is 0 Å². The summed E-state index contributed by atoms with van der Waals surface area (Å²) in [6, 6.07) is 6.83. The average molecular weight is 218 g/mol. The van der Waals surface area contributed by atoms with E-state index >= 15 is 0 Å². The molecule has 1 aromatic carbocycles. The van der Waals surface area contributed by atoms with Gasteiger partial charge in [0.05, 0.1) is 0 Å². The minimum Gasteiger partial charge on any atom is -0.508 e. The molecule has 1 atom stereocenters. The number of aliphatic imine (C=N–C) groups is 1. The van der Waals surface area contributed by atoms with Gasteiger partial charge in [0, 0.05) is 13.5 Å². The number of phenols is 1. The topological polar surface area (TPSA) is 52.9 Å². The van der Waals surface area contributed by atoms with E-state index in [1.807, 2.05) is 6.92 Å². The first-order valence-electron chi connectivity index (χ1n) is 5.19. The molecular weight excluding hydrogens is 204 g/mol. The van der Waals surface area contributed by atoms with Gasteiger partial charge >= 0.3 is 0 Å². The van der Waals surface area contributed by atoms with Crippen molar-refractivity contribution in [1.29, 1.82) is 0 Å². The molecule has 1 unspecified atom stereocenters. The second-order valence-electron chi connectivity index (χ2n) is 3.97. The van der Waals surface area contributed by atoms with Crippen molar-refractivity contribution in [1.82, 2.24) is 4.90 Å². The largest absolute Gasteiger partial charge is 0.508 e. The lowest BCUT2D eigenvalue weighted by Crippen LogP contribution is -2.31. The SMILES string of the molecule is CC1N=C(Cc2ccc(O)cc2)C(=O)N1C. The smallest absolute Gasteiger partial charge is 0.269 e. The van der Waals surface area contributed by atoms with Crippen molar-refractivity contribution < 1.29 is 9.90 Å². The molecule has 1 aliphatic rings. The van der Waals surface area contributed by atoms with Crippen LogP contribution in [0.25, 0.3) is 0 Å². The Balaban J connectivity index is 2.14. The van der Waals surface area contributed by atoms with E-state index in [9.17, 15) is 4.79 Å². The molecule has 0 saturated heterocycles. The number of aromatic hydroxyl groups is 1. The van der Waals surface area contributed by atoms with E-state index < -0.39 is 0 Å². The third kappa shape index (κ3) is 1.91. The predicted octanol–water partition coefficient (Wildman–Crippen LogP) is 1.19. The number of rotatable bonds is 2. The molecule has 1 aromatic rings. The van der Waals surface area contributed by atoms with Gasteiger partial charge in [-0.3, -0.25) is 9.79 Å². The van der Waals surface area contributed by atoms with E-state index in [-0.39, 0.29) is 17.8 Å². The molecule has 16 heavy (non-hydrogen) atoms. The van der Waals surface area contributed by atoms with E-state index in [0.717, 1.165) is 5.56 Å². The summed E-state index contributed by atoms with van der Waals surface area (Å²) in [5, 5.41) is 9.15. The Hall–Kier alpha value is -1.84. The van der Waals surface area contributed by atoms with Crippen LogP contribution in [-0.4, -0.2) is 34.8 Å². The number of carbonyl (C=O) groups excluding carboxylic acids is 1. The highest BCUT2D eigenvalue weighted by atomic mass is 16.3. The standard InChI is InChI=1S/C12H14N2O2/c1-8-13-11(12(16)14(8)2)7-9-3-5-10(15)6-4-9/h3-6,8,15H,7H2,1-2H3. The van der Waals surface area contributed by atoms with Gasteiger partial charge in [-0.25, -0.2) is 0 Å². The highest BCUT2D eigenvalue weighted by Crippen LogP contribution is 2.15. The van der Waals surface area contributed by atoms with Crippen LogP contribution in [0.4, 0.5) is 0 Å². The van der Waals surface area contributed by atoms with Gasteiger partial charge in [-0.2, -0.15) is 0 Å². The third-order valence-corrected chi connectivity index (χ3v) is 2.78. The fourth-order valence-electron chi connectivity index (χ4n) is 1.67. The minimum absolute atomic E-state index is 0.0134. The number of amides is 1. The fourth-order valence-corrected chi connectivity index (χ4v) is 1.67. The minimum atomic E-state index is -0.0698. The molecule has 0 aromatic heterocycles. The van der Waals surface area contributed by atoms with Crippen molar-refractivity contribution in [2.45, 2.75) is 19.5 Å². The number of hydrogen-bond acceptors (Lipinski definition) is 3. The van der Waals surface area contributed by atoms with E-state index in [1.165, 1.54) is 0 Å². The highest BCUT2D eigenvalue weighted by Gasteiger charge is 2.27. The van der Waals surface area contributed by atoms with Crippen molar-refractivity contribution in [2.24, 2.45) is 4.99 Å². The Kier molecular flexibility index (Phi) is 2.64. The second-order valence-corrected chi connectivity index (χ2v) is 3.97. The lowest BCUT2D eigenvalue weighted by Gasteiger charge is -2.12. The summed E-state index contributed by atoms with van der Waals surface area (Å²) < 4.78 is 0. The Bertz CT molecular complexity index is 437. The zero-order valence-corrected chi connectivity index (χ0v) is 9.34. The molecule has 4 heteroatoms. The monoisotopic (exact) mass is 218 g/mol. The van der Waals surface area contributed by atoms with Gasteiger partial charge in [0.2, 0.25) is 0 Å². The van der Waals surface area contributed by atoms with E-state index in [1.54, 1.807) is 36.2 Å². The van der Waals surface area contributed by atoms with Gasteiger partial charge < -0.3 is 10.0 Å². The van der Waals surface area contributed by atoms with E-state index in [0.29, 0.717) is 12.1 Å². The van der Waals surface area contributed by atoms with Gasteiger partial charge in [0.15, 0.2) is 0 Å². The Morgan fingerprint density at radius 3 is 2.50 bits per heavy atom. The zero-order valence-electron chi connectivity index (χ0n) is 9.34. The van der Waals surface area contributed by atoms with Crippen molar-refractivity contribution in [3.05, 3.63) is 29.8 Å². The highest BCUT2D eigenvalue weighted by molar-refractivity contribution is 6.40. The lowest BCUT2D eigenvalue weighted by molar-refractivity contribution is -0.123. The number of phenolic OH excluding ortho intramolecular Hbond substituents is 1. The molecule has 84 valence electrons. The van der Waals surface area contributed by atoms with Crippen molar-refractivity contribution in [3.63, 3.8) is 0 Å². The molecule has 0 bridgehead atoms. The van der Waals surface area contributed by atoms with Crippen molar-refractivity contribution in [3.8, 4) is 5.75 Å². The molecule has 0 fully saturated rings. The number of benzene rings is 1. The average Bonchev–Trinajstić information content (AvgIpc) is 2.50. The number of carbonyl (C=O) groups is 1. The molecular formula is C12H14N2O2. The first kappa shape index (κ1) is 10.7. The molecule has 0 spiro atoms. The first-order chi connectivity index (χ1) is 7.58. The van der Waals surface area contributed by atoms with Crippen molar-refractivity contribution in [2.75, 3.05) is 7.05 Å². The number of hydrogen-bond donors (Lipinski definition) is 1. The molecule has 0 saturated carbocycles.